The molecule has 25 heavy (non-hydrogen) atoms. The van der Waals surface area contributed by atoms with E-state index in [-0.39, 0.29) is 11.7 Å². The minimum Gasteiger partial charge on any atom is -0.312 e. The number of thiazole rings is 1. The maximum Gasteiger partial charge on any atom is 0.227 e. The van der Waals surface area contributed by atoms with Gasteiger partial charge < -0.3 is 4.90 Å². The van der Waals surface area contributed by atoms with Crippen LogP contribution in [0.3, 0.4) is 0 Å². The van der Waals surface area contributed by atoms with Crippen LogP contribution in [0.5, 0.6) is 0 Å². The van der Waals surface area contributed by atoms with Gasteiger partial charge in [0, 0.05) is 29.6 Å². The Labute approximate surface area is 149 Å². The molecule has 0 atom stereocenters. The van der Waals surface area contributed by atoms with Crippen molar-refractivity contribution in [3.05, 3.63) is 71.0 Å². The van der Waals surface area contributed by atoms with Crippen LogP contribution in [-0.2, 0) is 17.6 Å². The zero-order valence-electron chi connectivity index (χ0n) is 13.6. The molecule has 3 nitrogen and oxygen atoms in total. The number of anilines is 1. The molecule has 0 N–H and O–H groups in total. The maximum atomic E-state index is 13.8. The lowest BCUT2D eigenvalue weighted by Crippen LogP contribution is -2.29. The van der Waals surface area contributed by atoms with E-state index in [2.05, 4.69) is 11.1 Å². The van der Waals surface area contributed by atoms with E-state index in [4.69, 9.17) is 0 Å². The van der Waals surface area contributed by atoms with Gasteiger partial charge in [0.15, 0.2) is 0 Å². The summed E-state index contributed by atoms with van der Waals surface area (Å²) in [5.41, 5.74) is 3.60. The second-order valence-corrected chi connectivity index (χ2v) is 6.91. The van der Waals surface area contributed by atoms with E-state index in [1.165, 1.54) is 23.0 Å². The average molecular weight is 352 g/mol. The van der Waals surface area contributed by atoms with Crippen LogP contribution in [0.2, 0.25) is 0 Å². The number of aromatic nitrogens is 1. The van der Waals surface area contributed by atoms with Crippen molar-refractivity contribution in [1.29, 1.82) is 0 Å². The van der Waals surface area contributed by atoms with E-state index in [0.29, 0.717) is 23.4 Å². The number of aryl methyl sites for hydroxylation is 1. The summed E-state index contributed by atoms with van der Waals surface area (Å²) in [5, 5.41) is 2.57. The molecule has 0 spiro atoms. The van der Waals surface area contributed by atoms with Crippen molar-refractivity contribution < 1.29 is 9.18 Å². The van der Waals surface area contributed by atoms with E-state index in [1.54, 1.807) is 18.2 Å². The summed E-state index contributed by atoms with van der Waals surface area (Å²) in [6, 6.07) is 14.7. The minimum atomic E-state index is -0.270. The number of fused-ring (bicyclic) bond motifs is 1. The molecule has 0 saturated carbocycles. The number of hydrogen-bond acceptors (Lipinski definition) is 3. The highest BCUT2D eigenvalue weighted by molar-refractivity contribution is 7.13. The Morgan fingerprint density at radius 2 is 1.96 bits per heavy atom. The Kier molecular flexibility index (Phi) is 4.32. The summed E-state index contributed by atoms with van der Waals surface area (Å²) in [5.74, 6) is -0.154. The predicted octanol–water partition coefficient (Wildman–Crippen LogP) is 4.47. The summed E-state index contributed by atoms with van der Waals surface area (Å²) in [7, 11) is 0. The Hall–Kier alpha value is -2.53. The Bertz CT molecular complexity index is 921. The van der Waals surface area contributed by atoms with Crippen LogP contribution in [0.4, 0.5) is 10.1 Å². The molecule has 1 amide bonds. The zero-order valence-corrected chi connectivity index (χ0v) is 14.4. The van der Waals surface area contributed by atoms with Crippen LogP contribution in [0.1, 0.15) is 17.7 Å². The van der Waals surface area contributed by atoms with Crippen molar-refractivity contribution in [3.8, 4) is 10.6 Å². The summed E-state index contributed by atoms with van der Waals surface area (Å²) >= 11 is 1.41. The van der Waals surface area contributed by atoms with Gasteiger partial charge >= 0.3 is 0 Å². The van der Waals surface area contributed by atoms with Gasteiger partial charge in [-0.05, 0) is 36.6 Å². The van der Waals surface area contributed by atoms with Crippen molar-refractivity contribution in [3.63, 3.8) is 0 Å². The van der Waals surface area contributed by atoms with Crippen LogP contribution in [0.15, 0.2) is 53.9 Å². The predicted molar refractivity (Wildman–Crippen MR) is 98.3 cm³/mol. The number of nitrogens with zero attached hydrogens (tertiary/aromatic N) is 2. The van der Waals surface area contributed by atoms with Crippen molar-refractivity contribution in [1.82, 2.24) is 4.98 Å². The molecule has 2 aromatic carbocycles. The summed E-state index contributed by atoms with van der Waals surface area (Å²) in [4.78, 5) is 18.9. The summed E-state index contributed by atoms with van der Waals surface area (Å²) < 4.78 is 13.8. The number of halogens is 1. The number of carbonyl (C=O) groups excluding carboxylic acids is 1. The SMILES string of the molecule is O=C(CCc1csc(-c2ccccc2F)n1)N1CCc2ccccc21. The molecule has 1 aliphatic heterocycles. The monoisotopic (exact) mass is 352 g/mol. The van der Waals surface area contributed by atoms with Gasteiger partial charge in [0.2, 0.25) is 5.91 Å². The van der Waals surface area contributed by atoms with Crippen LogP contribution in [-0.4, -0.2) is 17.4 Å². The van der Waals surface area contributed by atoms with E-state index >= 15 is 0 Å². The summed E-state index contributed by atoms with van der Waals surface area (Å²) in [6.07, 6.45) is 1.90. The Morgan fingerprint density at radius 3 is 2.84 bits per heavy atom. The highest BCUT2D eigenvalue weighted by atomic mass is 32.1. The molecule has 126 valence electrons. The topological polar surface area (TPSA) is 33.2 Å². The maximum absolute atomic E-state index is 13.8. The number of hydrogen-bond donors (Lipinski definition) is 0. The summed E-state index contributed by atoms with van der Waals surface area (Å²) in [6.45, 7) is 0.746. The van der Waals surface area contributed by atoms with Gasteiger partial charge in [-0.3, -0.25) is 4.79 Å². The van der Waals surface area contributed by atoms with Crippen molar-refractivity contribution in [2.24, 2.45) is 0 Å². The van der Waals surface area contributed by atoms with Gasteiger partial charge in [-0.2, -0.15) is 0 Å². The first-order valence-corrected chi connectivity index (χ1v) is 9.18. The fourth-order valence-corrected chi connectivity index (χ4v) is 4.03. The van der Waals surface area contributed by atoms with Crippen molar-refractivity contribution >= 4 is 22.9 Å². The lowest BCUT2D eigenvalue weighted by atomic mass is 10.2. The molecule has 1 aliphatic rings. The third-order valence-electron chi connectivity index (χ3n) is 4.44. The number of carbonyl (C=O) groups is 1. The lowest BCUT2D eigenvalue weighted by molar-refractivity contribution is -0.118. The van der Waals surface area contributed by atoms with Gasteiger partial charge in [0.1, 0.15) is 10.8 Å². The molecule has 0 bridgehead atoms. The molecule has 0 aliphatic carbocycles. The second kappa shape index (κ2) is 6.76. The first kappa shape index (κ1) is 16.0. The van der Waals surface area contributed by atoms with Crippen LogP contribution >= 0.6 is 11.3 Å². The van der Waals surface area contributed by atoms with Gasteiger partial charge in [-0.15, -0.1) is 11.3 Å². The van der Waals surface area contributed by atoms with Gasteiger partial charge in [-0.25, -0.2) is 9.37 Å². The molecule has 4 rings (SSSR count). The highest BCUT2D eigenvalue weighted by Crippen LogP contribution is 2.29. The normalized spacial score (nSPS) is 13.1. The van der Waals surface area contributed by atoms with Gasteiger partial charge in [-0.1, -0.05) is 30.3 Å². The largest absolute Gasteiger partial charge is 0.312 e. The van der Waals surface area contributed by atoms with E-state index in [0.717, 1.165) is 24.3 Å². The molecule has 2 heterocycles. The Morgan fingerprint density at radius 1 is 1.16 bits per heavy atom. The minimum absolute atomic E-state index is 0.116. The van der Waals surface area contributed by atoms with Crippen LogP contribution in [0.25, 0.3) is 10.6 Å². The number of para-hydroxylation sites is 1. The second-order valence-electron chi connectivity index (χ2n) is 6.05. The molecule has 1 aromatic heterocycles. The van der Waals surface area contributed by atoms with Crippen LogP contribution < -0.4 is 4.90 Å². The average Bonchev–Trinajstić information content (AvgIpc) is 3.27. The third-order valence-corrected chi connectivity index (χ3v) is 5.36. The molecule has 0 fully saturated rings. The van der Waals surface area contributed by atoms with Crippen LogP contribution in [0, 0.1) is 5.82 Å². The molecule has 0 saturated heterocycles. The standard InChI is InChI=1S/C20H17FN2OS/c21-17-7-3-2-6-16(17)20-22-15(13-25-20)9-10-19(24)23-12-11-14-5-1-4-8-18(14)23/h1-8,13H,9-12H2. The molecule has 0 unspecified atom stereocenters. The number of benzene rings is 2. The molecule has 3 aromatic rings. The first-order chi connectivity index (χ1) is 12.2. The Balaban J connectivity index is 1.43. The molecular formula is C20H17FN2OS. The van der Waals surface area contributed by atoms with Crippen molar-refractivity contribution in [2.45, 2.75) is 19.3 Å². The highest BCUT2D eigenvalue weighted by Gasteiger charge is 2.23. The molecule has 5 heteroatoms. The number of rotatable bonds is 4. The van der Waals surface area contributed by atoms with E-state index < -0.39 is 0 Å². The lowest BCUT2D eigenvalue weighted by Gasteiger charge is -2.16. The third kappa shape index (κ3) is 3.20. The van der Waals surface area contributed by atoms with E-state index in [9.17, 15) is 9.18 Å². The zero-order chi connectivity index (χ0) is 17.2. The van der Waals surface area contributed by atoms with Crippen molar-refractivity contribution in [2.75, 3.05) is 11.4 Å². The fourth-order valence-electron chi connectivity index (χ4n) is 3.15. The smallest absolute Gasteiger partial charge is 0.227 e. The quantitative estimate of drug-likeness (QED) is 0.694. The molecule has 0 radical (unpaired) electrons. The van der Waals surface area contributed by atoms with Gasteiger partial charge in [0.05, 0.1) is 5.69 Å². The fraction of sp³-hybridized carbons (Fsp3) is 0.200. The first-order valence-electron chi connectivity index (χ1n) is 8.30. The number of amides is 1. The van der Waals surface area contributed by atoms with E-state index in [1.807, 2.05) is 28.5 Å². The molecular weight excluding hydrogens is 335 g/mol. The van der Waals surface area contributed by atoms with Gasteiger partial charge in [0.25, 0.3) is 0 Å².